The number of aromatic nitrogens is 2. The zero-order chi connectivity index (χ0) is 18.9. The van der Waals surface area contributed by atoms with E-state index in [1.165, 1.54) is 5.56 Å². The Hall–Kier alpha value is -1.71. The highest BCUT2D eigenvalue weighted by molar-refractivity contribution is 9.11. The summed E-state index contributed by atoms with van der Waals surface area (Å²) in [6.45, 7) is 3.37. The third kappa shape index (κ3) is 3.68. The minimum Gasteiger partial charge on any atom is -0.369 e. The Morgan fingerprint density at radius 2 is 2.19 bits per heavy atom. The number of nitrogens with zero attached hydrogens (tertiary/aromatic N) is 3. The van der Waals surface area contributed by atoms with Gasteiger partial charge in [-0.05, 0) is 47.3 Å². The fraction of sp³-hybridized carbons (Fsp3) is 0.500. The molecule has 0 aliphatic carbocycles. The Kier molecular flexibility index (Phi) is 5.34. The predicted molar refractivity (Wildman–Crippen MR) is 111 cm³/mol. The largest absolute Gasteiger partial charge is 0.369 e. The van der Waals surface area contributed by atoms with E-state index in [9.17, 15) is 4.79 Å². The van der Waals surface area contributed by atoms with Crippen LogP contribution < -0.4 is 21.3 Å². The lowest BCUT2D eigenvalue weighted by molar-refractivity contribution is -0.131. The monoisotopic (exact) mass is 450 g/mol. The molecule has 0 saturated carbocycles. The number of anilines is 2. The van der Waals surface area contributed by atoms with Gasteiger partial charge in [-0.3, -0.25) is 4.79 Å². The molecule has 0 atom stereocenters. The number of nitrogens with one attached hydrogen (secondary N) is 2. The molecule has 2 aromatic heterocycles. The molecule has 0 spiro atoms. The molecule has 2 aromatic rings. The summed E-state index contributed by atoms with van der Waals surface area (Å²) in [5.74, 6) is 2.00. The van der Waals surface area contributed by atoms with Crippen molar-refractivity contribution >= 4 is 44.8 Å². The Bertz CT molecular complexity index is 833. The first-order valence-corrected chi connectivity index (χ1v) is 10.8. The van der Waals surface area contributed by atoms with Crippen molar-refractivity contribution in [3.8, 4) is 0 Å². The van der Waals surface area contributed by atoms with Crippen LogP contribution in [0.4, 0.5) is 11.6 Å². The van der Waals surface area contributed by atoms with Gasteiger partial charge in [0, 0.05) is 36.6 Å². The van der Waals surface area contributed by atoms with Crippen LogP contribution in [0.5, 0.6) is 0 Å². The van der Waals surface area contributed by atoms with Gasteiger partial charge in [0.05, 0.1) is 15.7 Å². The minimum atomic E-state index is -0.501. The third-order valence-electron chi connectivity index (χ3n) is 5.53. The van der Waals surface area contributed by atoms with E-state index in [2.05, 4.69) is 41.4 Å². The Labute approximate surface area is 170 Å². The number of halogens is 1. The summed E-state index contributed by atoms with van der Waals surface area (Å²) in [5, 5.41) is 6.38. The van der Waals surface area contributed by atoms with Gasteiger partial charge in [-0.2, -0.15) is 0 Å². The number of carbonyl (C=O) groups excluding carboxylic acids is 1. The standard InChI is InChI=1S/C18H23BrN6OS/c19-14-2-1-12(27-14)9-22-17(26)18(10-20)4-7-25(8-5-18)16-13-3-6-21-15(13)23-11-24-16/h1-2,11H,3-10,20H2,(H,22,26)(H,21,23,24). The molecule has 1 fully saturated rings. The normalized spacial score (nSPS) is 18.1. The number of piperidine rings is 1. The van der Waals surface area contributed by atoms with Crippen molar-refractivity contribution in [2.24, 2.45) is 11.1 Å². The maximum Gasteiger partial charge on any atom is 0.227 e. The van der Waals surface area contributed by atoms with Gasteiger partial charge < -0.3 is 21.3 Å². The average molecular weight is 451 g/mol. The zero-order valence-corrected chi connectivity index (χ0v) is 17.4. The van der Waals surface area contributed by atoms with Crippen molar-refractivity contribution in [1.29, 1.82) is 0 Å². The maximum absolute atomic E-state index is 12.9. The topological polar surface area (TPSA) is 96.2 Å². The van der Waals surface area contributed by atoms with Crippen LogP contribution in [-0.4, -0.2) is 42.1 Å². The molecule has 9 heteroatoms. The van der Waals surface area contributed by atoms with E-state index >= 15 is 0 Å². The van der Waals surface area contributed by atoms with Crippen LogP contribution in [0.25, 0.3) is 0 Å². The molecule has 1 saturated heterocycles. The Morgan fingerprint density at radius 1 is 1.37 bits per heavy atom. The molecule has 4 N–H and O–H groups in total. The molecule has 0 aromatic carbocycles. The van der Waals surface area contributed by atoms with Gasteiger partial charge in [-0.25, -0.2) is 9.97 Å². The number of hydrogen-bond acceptors (Lipinski definition) is 7. The van der Waals surface area contributed by atoms with Crippen LogP contribution in [-0.2, 0) is 17.8 Å². The van der Waals surface area contributed by atoms with Crippen molar-refractivity contribution in [1.82, 2.24) is 15.3 Å². The number of amides is 1. The minimum absolute atomic E-state index is 0.0590. The molecule has 4 heterocycles. The number of hydrogen-bond donors (Lipinski definition) is 3. The van der Waals surface area contributed by atoms with Crippen molar-refractivity contribution in [3.63, 3.8) is 0 Å². The summed E-state index contributed by atoms with van der Waals surface area (Å²) >= 11 is 5.09. The van der Waals surface area contributed by atoms with Crippen molar-refractivity contribution < 1.29 is 4.79 Å². The molecule has 7 nitrogen and oxygen atoms in total. The second-order valence-corrected chi connectivity index (χ2v) is 9.61. The van der Waals surface area contributed by atoms with E-state index in [-0.39, 0.29) is 5.91 Å². The first kappa shape index (κ1) is 18.6. The molecular weight excluding hydrogens is 428 g/mol. The number of thiophene rings is 1. The van der Waals surface area contributed by atoms with Crippen LogP contribution in [0, 0.1) is 5.41 Å². The molecule has 1 amide bonds. The van der Waals surface area contributed by atoms with Crippen LogP contribution in [0.15, 0.2) is 22.2 Å². The summed E-state index contributed by atoms with van der Waals surface area (Å²) in [4.78, 5) is 25.1. The van der Waals surface area contributed by atoms with E-state index in [0.717, 1.165) is 59.2 Å². The first-order chi connectivity index (χ1) is 13.1. The molecule has 4 rings (SSSR count). The highest BCUT2D eigenvalue weighted by Crippen LogP contribution is 2.35. The molecular formula is C18H23BrN6OS. The van der Waals surface area contributed by atoms with Crippen molar-refractivity contribution in [2.75, 3.05) is 36.4 Å². The lowest BCUT2D eigenvalue weighted by Gasteiger charge is -2.40. The van der Waals surface area contributed by atoms with Crippen molar-refractivity contribution in [2.45, 2.75) is 25.8 Å². The maximum atomic E-state index is 12.9. The van der Waals surface area contributed by atoms with Crippen LogP contribution >= 0.6 is 27.3 Å². The molecule has 0 unspecified atom stereocenters. The van der Waals surface area contributed by atoms with Crippen LogP contribution in [0.1, 0.15) is 23.3 Å². The van der Waals surface area contributed by atoms with Crippen molar-refractivity contribution in [3.05, 3.63) is 32.7 Å². The lowest BCUT2D eigenvalue weighted by atomic mass is 9.77. The van der Waals surface area contributed by atoms with E-state index in [1.807, 2.05) is 12.1 Å². The molecule has 0 radical (unpaired) electrons. The summed E-state index contributed by atoms with van der Waals surface area (Å²) in [6.07, 6.45) is 4.02. The Morgan fingerprint density at radius 3 is 2.89 bits per heavy atom. The fourth-order valence-corrected chi connectivity index (χ4v) is 5.26. The van der Waals surface area contributed by atoms with E-state index in [4.69, 9.17) is 5.73 Å². The predicted octanol–water partition coefficient (Wildman–Crippen LogP) is 2.13. The second kappa shape index (κ2) is 7.73. The molecule has 0 bridgehead atoms. The first-order valence-electron chi connectivity index (χ1n) is 9.16. The summed E-state index contributed by atoms with van der Waals surface area (Å²) < 4.78 is 1.07. The zero-order valence-electron chi connectivity index (χ0n) is 15.0. The van der Waals surface area contributed by atoms with Crippen LogP contribution in [0.3, 0.4) is 0 Å². The van der Waals surface area contributed by atoms with Gasteiger partial charge in [-0.15, -0.1) is 11.3 Å². The van der Waals surface area contributed by atoms with E-state index in [0.29, 0.717) is 13.1 Å². The van der Waals surface area contributed by atoms with Gasteiger partial charge >= 0.3 is 0 Å². The van der Waals surface area contributed by atoms with Gasteiger partial charge in [0.1, 0.15) is 18.0 Å². The van der Waals surface area contributed by atoms with E-state index in [1.54, 1.807) is 17.7 Å². The highest BCUT2D eigenvalue weighted by atomic mass is 79.9. The molecule has 2 aliphatic rings. The Balaban J connectivity index is 1.41. The second-order valence-electron chi connectivity index (χ2n) is 7.06. The molecule has 2 aliphatic heterocycles. The number of fused-ring (bicyclic) bond motifs is 1. The smallest absolute Gasteiger partial charge is 0.227 e. The number of rotatable bonds is 5. The highest BCUT2D eigenvalue weighted by Gasteiger charge is 2.41. The fourth-order valence-electron chi connectivity index (χ4n) is 3.84. The molecule has 144 valence electrons. The number of carbonyl (C=O) groups is 1. The van der Waals surface area contributed by atoms with E-state index < -0.39 is 5.41 Å². The van der Waals surface area contributed by atoms with Crippen LogP contribution in [0.2, 0.25) is 0 Å². The number of nitrogens with two attached hydrogens (primary N) is 1. The van der Waals surface area contributed by atoms with Gasteiger partial charge in [0.25, 0.3) is 0 Å². The lowest BCUT2D eigenvalue weighted by Crippen LogP contribution is -2.52. The van der Waals surface area contributed by atoms with Gasteiger partial charge in [0.2, 0.25) is 5.91 Å². The molecule has 27 heavy (non-hydrogen) atoms. The third-order valence-corrected chi connectivity index (χ3v) is 7.16. The summed E-state index contributed by atoms with van der Waals surface area (Å²) in [7, 11) is 0. The average Bonchev–Trinajstić information content (AvgIpc) is 3.34. The quantitative estimate of drug-likeness (QED) is 0.645. The summed E-state index contributed by atoms with van der Waals surface area (Å²) in [6, 6.07) is 4.02. The summed E-state index contributed by atoms with van der Waals surface area (Å²) in [5.41, 5.74) is 6.75. The van der Waals surface area contributed by atoms with Gasteiger partial charge in [-0.1, -0.05) is 0 Å². The van der Waals surface area contributed by atoms with Gasteiger partial charge in [0.15, 0.2) is 0 Å². The SMILES string of the molecule is NCC1(C(=O)NCc2ccc(Br)s2)CCN(c2ncnc3c2CCN3)CC1.